The molecule has 0 amide bonds. The number of H-pyrrole nitrogens is 1. The molecule has 7 nitrogen and oxygen atoms in total. The minimum absolute atomic E-state index is 0.0694. The van der Waals surface area contributed by atoms with Gasteiger partial charge in [-0.15, -0.1) is 0 Å². The van der Waals surface area contributed by atoms with Crippen LogP contribution < -0.4 is 4.72 Å². The standard InChI is InChI=1S/C10H15N3O4S/c14-10(15)7-2-1-3-8(4-7)13-18(16,17)9-5-11-12-6-9/h5-8,13H,1-4H2,(H,11,12)(H,14,15). The van der Waals surface area contributed by atoms with Crippen LogP contribution in [0.4, 0.5) is 0 Å². The highest BCUT2D eigenvalue weighted by Gasteiger charge is 2.30. The highest BCUT2D eigenvalue weighted by atomic mass is 32.2. The number of aromatic amines is 1. The Labute approximate surface area is 105 Å². The quantitative estimate of drug-likeness (QED) is 0.732. The topological polar surface area (TPSA) is 112 Å². The number of carboxylic acids is 1. The van der Waals surface area contributed by atoms with Gasteiger partial charge in [-0.25, -0.2) is 13.1 Å². The molecule has 1 aliphatic rings. The number of hydrogen-bond donors (Lipinski definition) is 3. The fourth-order valence-corrected chi connectivity index (χ4v) is 3.38. The summed E-state index contributed by atoms with van der Waals surface area (Å²) in [6.45, 7) is 0. The first kappa shape index (κ1) is 13.0. The van der Waals surface area contributed by atoms with E-state index in [9.17, 15) is 13.2 Å². The van der Waals surface area contributed by atoms with Crippen molar-refractivity contribution in [1.29, 1.82) is 0 Å². The van der Waals surface area contributed by atoms with E-state index < -0.39 is 21.9 Å². The summed E-state index contributed by atoms with van der Waals surface area (Å²) in [7, 11) is -3.60. The largest absolute Gasteiger partial charge is 0.481 e. The van der Waals surface area contributed by atoms with Crippen molar-refractivity contribution in [3.63, 3.8) is 0 Å². The molecular weight excluding hydrogens is 258 g/mol. The van der Waals surface area contributed by atoms with Gasteiger partial charge in [0.05, 0.1) is 12.1 Å². The van der Waals surface area contributed by atoms with Gasteiger partial charge in [-0.3, -0.25) is 9.89 Å². The molecule has 0 spiro atoms. The Kier molecular flexibility index (Phi) is 3.67. The fourth-order valence-electron chi connectivity index (χ4n) is 2.19. The van der Waals surface area contributed by atoms with Crippen molar-refractivity contribution in [2.45, 2.75) is 36.6 Å². The lowest BCUT2D eigenvalue weighted by atomic mass is 9.86. The van der Waals surface area contributed by atoms with E-state index in [1.54, 1.807) is 0 Å². The first-order chi connectivity index (χ1) is 8.49. The zero-order valence-corrected chi connectivity index (χ0v) is 10.5. The van der Waals surface area contributed by atoms with Gasteiger partial charge in [0.25, 0.3) is 0 Å². The lowest BCUT2D eigenvalue weighted by molar-refractivity contribution is -0.143. The van der Waals surface area contributed by atoms with Gasteiger partial charge in [-0.1, -0.05) is 6.42 Å². The molecule has 1 aromatic rings. The van der Waals surface area contributed by atoms with E-state index >= 15 is 0 Å². The summed E-state index contributed by atoms with van der Waals surface area (Å²) in [6, 6.07) is -0.320. The molecule has 2 rings (SSSR count). The van der Waals surface area contributed by atoms with Gasteiger partial charge in [-0.2, -0.15) is 5.10 Å². The van der Waals surface area contributed by atoms with Crippen molar-refractivity contribution in [2.24, 2.45) is 5.92 Å². The van der Waals surface area contributed by atoms with Gasteiger partial charge >= 0.3 is 5.97 Å². The summed E-state index contributed by atoms with van der Waals surface area (Å²) in [5.41, 5.74) is 0. The van der Waals surface area contributed by atoms with Crippen LogP contribution in [0.3, 0.4) is 0 Å². The van der Waals surface area contributed by atoms with E-state index in [1.807, 2.05) is 0 Å². The molecule has 1 aliphatic carbocycles. The Morgan fingerprint density at radius 2 is 2.28 bits per heavy atom. The van der Waals surface area contributed by atoms with Crippen LogP contribution in [-0.4, -0.2) is 35.7 Å². The molecule has 0 aromatic carbocycles. The maximum Gasteiger partial charge on any atom is 0.306 e. The lowest BCUT2D eigenvalue weighted by Crippen LogP contribution is -2.39. The zero-order valence-electron chi connectivity index (χ0n) is 9.67. The van der Waals surface area contributed by atoms with Crippen LogP contribution in [0.25, 0.3) is 0 Å². The minimum atomic E-state index is -3.60. The van der Waals surface area contributed by atoms with E-state index in [0.29, 0.717) is 19.3 Å². The fraction of sp³-hybridized carbons (Fsp3) is 0.600. The molecule has 18 heavy (non-hydrogen) atoms. The third-order valence-corrected chi connectivity index (χ3v) is 4.62. The van der Waals surface area contributed by atoms with Crippen molar-refractivity contribution in [1.82, 2.24) is 14.9 Å². The Bertz CT molecular complexity index is 511. The molecule has 2 unspecified atom stereocenters. The summed E-state index contributed by atoms with van der Waals surface area (Å²) in [6.07, 6.45) is 4.85. The second-order valence-electron chi connectivity index (χ2n) is 4.45. The van der Waals surface area contributed by atoms with Crippen LogP contribution in [0.2, 0.25) is 0 Å². The van der Waals surface area contributed by atoms with Crippen LogP contribution in [0, 0.1) is 5.92 Å². The van der Waals surface area contributed by atoms with Crippen LogP contribution in [0.15, 0.2) is 17.3 Å². The third-order valence-electron chi connectivity index (χ3n) is 3.13. The molecule has 100 valence electrons. The Balaban J connectivity index is 2.03. The van der Waals surface area contributed by atoms with Crippen LogP contribution >= 0.6 is 0 Å². The van der Waals surface area contributed by atoms with E-state index in [-0.39, 0.29) is 10.9 Å². The van der Waals surface area contributed by atoms with Gasteiger partial charge < -0.3 is 5.11 Å². The average Bonchev–Trinajstić information content (AvgIpc) is 2.82. The SMILES string of the molecule is O=C(O)C1CCCC(NS(=O)(=O)c2cn[nH]c2)C1. The highest BCUT2D eigenvalue weighted by Crippen LogP contribution is 2.25. The van der Waals surface area contributed by atoms with Gasteiger partial charge in [0, 0.05) is 12.2 Å². The molecule has 3 N–H and O–H groups in total. The molecule has 8 heteroatoms. The number of sulfonamides is 1. The molecule has 1 saturated carbocycles. The van der Waals surface area contributed by atoms with Crippen LogP contribution in [0.1, 0.15) is 25.7 Å². The number of nitrogens with one attached hydrogen (secondary N) is 2. The monoisotopic (exact) mass is 273 g/mol. The molecule has 1 aromatic heterocycles. The number of carboxylic acid groups (broad SMARTS) is 1. The second-order valence-corrected chi connectivity index (χ2v) is 6.17. The number of aromatic nitrogens is 2. The Morgan fingerprint density at radius 3 is 2.89 bits per heavy atom. The van der Waals surface area contributed by atoms with Gasteiger partial charge in [0.15, 0.2) is 0 Å². The highest BCUT2D eigenvalue weighted by molar-refractivity contribution is 7.89. The number of rotatable bonds is 4. The first-order valence-corrected chi connectivity index (χ1v) is 7.21. The molecule has 0 bridgehead atoms. The molecule has 1 heterocycles. The molecule has 0 saturated heterocycles. The number of carbonyl (C=O) groups is 1. The molecule has 0 radical (unpaired) electrons. The molecular formula is C10H15N3O4S. The second kappa shape index (κ2) is 5.07. The predicted molar refractivity (Wildman–Crippen MR) is 62.3 cm³/mol. The first-order valence-electron chi connectivity index (χ1n) is 5.73. The summed E-state index contributed by atoms with van der Waals surface area (Å²) in [5.74, 6) is -1.32. The number of nitrogens with zero attached hydrogens (tertiary/aromatic N) is 1. The summed E-state index contributed by atoms with van der Waals surface area (Å²) in [5, 5.41) is 15.0. The molecule has 2 atom stereocenters. The summed E-state index contributed by atoms with van der Waals surface area (Å²) in [4.78, 5) is 11.0. The van der Waals surface area contributed by atoms with Crippen molar-refractivity contribution < 1.29 is 18.3 Å². The minimum Gasteiger partial charge on any atom is -0.481 e. The van der Waals surface area contributed by atoms with E-state index in [1.165, 1.54) is 12.4 Å². The van der Waals surface area contributed by atoms with Gasteiger partial charge in [0.1, 0.15) is 4.90 Å². The molecule has 1 fully saturated rings. The lowest BCUT2D eigenvalue weighted by Gasteiger charge is -2.26. The Hall–Kier alpha value is -1.41. The normalized spacial score (nSPS) is 24.9. The van der Waals surface area contributed by atoms with Gasteiger partial charge in [-0.05, 0) is 19.3 Å². The van der Waals surface area contributed by atoms with Crippen LogP contribution in [-0.2, 0) is 14.8 Å². The van der Waals surface area contributed by atoms with E-state index in [4.69, 9.17) is 5.11 Å². The number of hydrogen-bond acceptors (Lipinski definition) is 4. The predicted octanol–water partition coefficient (Wildman–Crippen LogP) is 0.331. The van der Waals surface area contributed by atoms with Crippen molar-refractivity contribution in [3.05, 3.63) is 12.4 Å². The summed E-state index contributed by atoms with van der Waals surface area (Å²) < 4.78 is 26.4. The maximum atomic E-state index is 11.9. The van der Waals surface area contributed by atoms with Gasteiger partial charge in [0.2, 0.25) is 10.0 Å². The molecule has 0 aliphatic heterocycles. The number of aliphatic carboxylic acids is 1. The van der Waals surface area contributed by atoms with Crippen LogP contribution in [0.5, 0.6) is 0 Å². The third kappa shape index (κ3) is 2.88. The zero-order chi connectivity index (χ0) is 13.2. The maximum absolute atomic E-state index is 11.9. The average molecular weight is 273 g/mol. The van der Waals surface area contributed by atoms with Crippen molar-refractivity contribution in [2.75, 3.05) is 0 Å². The smallest absolute Gasteiger partial charge is 0.306 e. The van der Waals surface area contributed by atoms with E-state index in [0.717, 1.165) is 6.42 Å². The van der Waals surface area contributed by atoms with Crippen molar-refractivity contribution >= 4 is 16.0 Å². The van der Waals surface area contributed by atoms with Crippen molar-refractivity contribution in [3.8, 4) is 0 Å². The van der Waals surface area contributed by atoms with E-state index in [2.05, 4.69) is 14.9 Å². The summed E-state index contributed by atoms with van der Waals surface area (Å²) >= 11 is 0. The Morgan fingerprint density at radius 1 is 1.50 bits per heavy atom.